The molecule has 0 aromatic carbocycles. The molecule has 1 aromatic rings. The minimum absolute atomic E-state index is 0.436. The van der Waals surface area contributed by atoms with Crippen LogP contribution >= 0.6 is 11.3 Å². The fourth-order valence-electron chi connectivity index (χ4n) is 1.84. The van der Waals surface area contributed by atoms with E-state index in [1.54, 1.807) is 11.3 Å². The highest BCUT2D eigenvalue weighted by Crippen LogP contribution is 2.25. The van der Waals surface area contributed by atoms with Gasteiger partial charge in [-0.1, -0.05) is 0 Å². The molecule has 0 spiro atoms. The highest BCUT2D eigenvalue weighted by atomic mass is 32.1. The summed E-state index contributed by atoms with van der Waals surface area (Å²) in [6.07, 6.45) is 4.28. The summed E-state index contributed by atoms with van der Waals surface area (Å²) in [5.74, 6) is 0. The summed E-state index contributed by atoms with van der Waals surface area (Å²) < 4.78 is 0. The molecule has 0 unspecified atom stereocenters. The van der Waals surface area contributed by atoms with Gasteiger partial charge in [-0.3, -0.25) is 4.90 Å². The molecule has 1 heterocycles. The van der Waals surface area contributed by atoms with Crippen LogP contribution in [0.2, 0.25) is 0 Å². The average Bonchev–Trinajstić information content (AvgIpc) is 2.45. The summed E-state index contributed by atoms with van der Waals surface area (Å²) >= 11 is 1.78. The van der Waals surface area contributed by atoms with Gasteiger partial charge in [0.15, 0.2) is 0 Å². The molecule has 0 amide bonds. The van der Waals surface area contributed by atoms with Gasteiger partial charge in [0, 0.05) is 29.7 Å². The molecule has 0 atom stereocenters. The van der Waals surface area contributed by atoms with E-state index in [1.165, 1.54) is 4.88 Å². The highest BCUT2D eigenvalue weighted by Gasteiger charge is 2.29. The van der Waals surface area contributed by atoms with Crippen molar-refractivity contribution in [3.05, 3.63) is 16.1 Å². The third-order valence-electron chi connectivity index (χ3n) is 2.85. The van der Waals surface area contributed by atoms with E-state index in [0.29, 0.717) is 12.1 Å². The Hall–Kier alpha value is -0.450. The van der Waals surface area contributed by atoms with Crippen LogP contribution in [0.5, 0.6) is 0 Å². The molecule has 3 nitrogen and oxygen atoms in total. The number of aromatic nitrogens is 1. The molecule has 2 rings (SSSR count). The molecular formula is C10H17N3S. The zero-order valence-electron chi connectivity index (χ0n) is 8.73. The minimum atomic E-state index is 0.436. The van der Waals surface area contributed by atoms with E-state index in [2.05, 4.69) is 16.9 Å². The van der Waals surface area contributed by atoms with Crippen LogP contribution in [0.4, 0.5) is 0 Å². The SMILES string of the molecule is Cc1ncc(CN(C)C2CC(N)C2)s1. The predicted octanol–water partition coefficient (Wildman–Crippen LogP) is 1.37. The van der Waals surface area contributed by atoms with Gasteiger partial charge < -0.3 is 5.73 Å². The van der Waals surface area contributed by atoms with Crippen LogP contribution in [0.1, 0.15) is 22.7 Å². The van der Waals surface area contributed by atoms with Crippen molar-refractivity contribution in [2.45, 2.75) is 38.4 Å². The first-order valence-corrected chi connectivity index (χ1v) is 5.84. The van der Waals surface area contributed by atoms with Crippen LogP contribution in [0, 0.1) is 6.92 Å². The van der Waals surface area contributed by atoms with Crippen molar-refractivity contribution >= 4 is 11.3 Å². The Bertz CT molecular complexity index is 304. The van der Waals surface area contributed by atoms with Crippen LogP contribution < -0.4 is 5.73 Å². The summed E-state index contributed by atoms with van der Waals surface area (Å²) in [7, 11) is 2.17. The number of hydrogen-bond acceptors (Lipinski definition) is 4. The van der Waals surface area contributed by atoms with Gasteiger partial charge in [-0.2, -0.15) is 0 Å². The maximum absolute atomic E-state index is 5.77. The lowest BCUT2D eigenvalue weighted by Crippen LogP contribution is -2.48. The van der Waals surface area contributed by atoms with Crippen LogP contribution in [-0.4, -0.2) is 29.0 Å². The molecule has 0 saturated heterocycles. The lowest BCUT2D eigenvalue weighted by Gasteiger charge is -2.39. The lowest BCUT2D eigenvalue weighted by molar-refractivity contribution is 0.133. The summed E-state index contributed by atoms with van der Waals surface area (Å²) in [5, 5.41) is 1.15. The number of rotatable bonds is 3. The van der Waals surface area contributed by atoms with E-state index in [4.69, 9.17) is 5.73 Å². The fraction of sp³-hybridized carbons (Fsp3) is 0.700. The van der Waals surface area contributed by atoms with E-state index in [9.17, 15) is 0 Å². The number of hydrogen-bond donors (Lipinski definition) is 1. The Morgan fingerprint density at radius 1 is 1.64 bits per heavy atom. The molecule has 14 heavy (non-hydrogen) atoms. The van der Waals surface area contributed by atoms with Crippen molar-refractivity contribution in [3.63, 3.8) is 0 Å². The standard InChI is InChI=1S/C10H17N3S/c1-7-12-5-10(14-7)6-13(2)9-3-8(11)4-9/h5,8-9H,3-4,6,11H2,1-2H3. The number of aryl methyl sites for hydroxylation is 1. The van der Waals surface area contributed by atoms with Gasteiger partial charge in [-0.25, -0.2) is 4.98 Å². The third kappa shape index (κ3) is 2.13. The first-order valence-electron chi connectivity index (χ1n) is 5.02. The van der Waals surface area contributed by atoms with Crippen LogP contribution in [0.3, 0.4) is 0 Å². The molecule has 78 valence electrons. The van der Waals surface area contributed by atoms with Gasteiger partial charge in [0.2, 0.25) is 0 Å². The molecule has 1 aliphatic carbocycles. The Morgan fingerprint density at radius 3 is 2.86 bits per heavy atom. The number of thiazole rings is 1. The van der Waals surface area contributed by atoms with Gasteiger partial charge in [-0.15, -0.1) is 11.3 Å². The van der Waals surface area contributed by atoms with E-state index < -0.39 is 0 Å². The quantitative estimate of drug-likeness (QED) is 0.821. The van der Waals surface area contributed by atoms with Crippen LogP contribution in [-0.2, 0) is 6.54 Å². The first kappa shape index (κ1) is 10.1. The topological polar surface area (TPSA) is 42.2 Å². The Morgan fingerprint density at radius 2 is 2.36 bits per heavy atom. The smallest absolute Gasteiger partial charge is 0.0897 e. The molecule has 0 bridgehead atoms. The van der Waals surface area contributed by atoms with Gasteiger partial charge in [0.25, 0.3) is 0 Å². The molecule has 2 N–H and O–H groups in total. The fourth-order valence-corrected chi connectivity index (χ4v) is 2.70. The van der Waals surface area contributed by atoms with Crippen molar-refractivity contribution in [2.24, 2.45) is 5.73 Å². The normalized spacial score (nSPS) is 26.6. The minimum Gasteiger partial charge on any atom is -0.328 e. The van der Waals surface area contributed by atoms with Gasteiger partial charge >= 0.3 is 0 Å². The highest BCUT2D eigenvalue weighted by molar-refractivity contribution is 7.11. The molecule has 1 aromatic heterocycles. The Balaban J connectivity index is 1.85. The van der Waals surface area contributed by atoms with Gasteiger partial charge in [0.1, 0.15) is 0 Å². The van der Waals surface area contributed by atoms with Crippen molar-refractivity contribution in [1.29, 1.82) is 0 Å². The number of nitrogens with two attached hydrogens (primary N) is 1. The Kier molecular flexibility index (Phi) is 2.85. The first-order chi connectivity index (χ1) is 6.65. The van der Waals surface area contributed by atoms with E-state index in [-0.39, 0.29) is 0 Å². The Labute approximate surface area is 88.9 Å². The summed E-state index contributed by atoms with van der Waals surface area (Å²) in [6, 6.07) is 1.12. The predicted molar refractivity (Wildman–Crippen MR) is 59.3 cm³/mol. The maximum Gasteiger partial charge on any atom is 0.0897 e. The van der Waals surface area contributed by atoms with Crippen molar-refractivity contribution < 1.29 is 0 Å². The van der Waals surface area contributed by atoms with Crippen molar-refractivity contribution in [2.75, 3.05) is 7.05 Å². The van der Waals surface area contributed by atoms with E-state index >= 15 is 0 Å². The zero-order chi connectivity index (χ0) is 10.1. The zero-order valence-corrected chi connectivity index (χ0v) is 9.55. The van der Waals surface area contributed by atoms with E-state index in [1.807, 2.05) is 13.1 Å². The van der Waals surface area contributed by atoms with Crippen LogP contribution in [0.15, 0.2) is 6.20 Å². The number of nitrogens with zero attached hydrogens (tertiary/aromatic N) is 2. The van der Waals surface area contributed by atoms with Crippen LogP contribution in [0.25, 0.3) is 0 Å². The monoisotopic (exact) mass is 211 g/mol. The molecule has 0 aliphatic heterocycles. The van der Waals surface area contributed by atoms with Crippen molar-refractivity contribution in [3.8, 4) is 0 Å². The molecule has 1 saturated carbocycles. The third-order valence-corrected chi connectivity index (χ3v) is 3.74. The molecular weight excluding hydrogens is 194 g/mol. The summed E-state index contributed by atoms with van der Waals surface area (Å²) in [6.45, 7) is 3.07. The molecule has 4 heteroatoms. The molecule has 0 radical (unpaired) electrons. The molecule has 1 fully saturated rings. The molecule has 1 aliphatic rings. The second-order valence-electron chi connectivity index (χ2n) is 4.15. The maximum atomic E-state index is 5.77. The van der Waals surface area contributed by atoms with Crippen molar-refractivity contribution in [1.82, 2.24) is 9.88 Å². The summed E-state index contributed by atoms with van der Waals surface area (Å²) in [4.78, 5) is 7.99. The lowest BCUT2D eigenvalue weighted by atomic mass is 9.86. The average molecular weight is 211 g/mol. The van der Waals surface area contributed by atoms with Gasteiger partial charge in [-0.05, 0) is 26.8 Å². The second kappa shape index (κ2) is 3.96. The van der Waals surface area contributed by atoms with E-state index in [0.717, 1.165) is 24.4 Å². The largest absolute Gasteiger partial charge is 0.328 e. The van der Waals surface area contributed by atoms with Gasteiger partial charge in [0.05, 0.1) is 5.01 Å². The summed E-state index contributed by atoms with van der Waals surface area (Å²) in [5.41, 5.74) is 5.77. The second-order valence-corrected chi connectivity index (χ2v) is 5.47.